The maximum absolute atomic E-state index is 12.8. The molecule has 150 valence electrons. The maximum atomic E-state index is 12.8. The van der Waals surface area contributed by atoms with E-state index in [2.05, 4.69) is 27.4 Å². The van der Waals surface area contributed by atoms with Gasteiger partial charge in [-0.2, -0.15) is 4.98 Å². The first-order chi connectivity index (χ1) is 13.0. The molecule has 0 saturated carbocycles. The maximum Gasteiger partial charge on any atom is 0.298 e. The Balaban J connectivity index is 0.000000817. The highest BCUT2D eigenvalue weighted by Gasteiger charge is 2.26. The van der Waals surface area contributed by atoms with E-state index in [4.69, 9.17) is 16.0 Å². The van der Waals surface area contributed by atoms with E-state index in [0.717, 1.165) is 19.6 Å². The molecule has 2 N–H and O–H groups in total. The van der Waals surface area contributed by atoms with Gasteiger partial charge in [0, 0.05) is 43.8 Å². The van der Waals surface area contributed by atoms with Crippen LogP contribution in [0.2, 0.25) is 5.02 Å². The molecule has 0 unspecified atom stereocenters. The highest BCUT2D eigenvalue weighted by Crippen LogP contribution is 2.30. The van der Waals surface area contributed by atoms with E-state index < -0.39 is 0 Å². The van der Waals surface area contributed by atoms with Crippen LogP contribution in [0.5, 0.6) is 0 Å². The number of benzene rings is 1. The molecule has 0 spiro atoms. The Bertz CT molecular complexity index is 760. The molecule has 1 aromatic heterocycles. The molecule has 1 fully saturated rings. The summed E-state index contributed by atoms with van der Waals surface area (Å²) in [6, 6.07) is 4.25. The van der Waals surface area contributed by atoms with Crippen LogP contribution in [0.1, 0.15) is 31.1 Å². The number of carbonyl (C=O) groups is 1. The van der Waals surface area contributed by atoms with Crippen LogP contribution in [-0.2, 0) is 0 Å². The number of piperazine rings is 1. The summed E-state index contributed by atoms with van der Waals surface area (Å²) in [6.07, 6.45) is 0. The zero-order chi connectivity index (χ0) is 20.0. The van der Waals surface area contributed by atoms with Gasteiger partial charge >= 0.3 is 0 Å². The van der Waals surface area contributed by atoms with Gasteiger partial charge in [-0.05, 0) is 47.0 Å². The van der Waals surface area contributed by atoms with Gasteiger partial charge in [0.2, 0.25) is 0 Å². The lowest BCUT2D eigenvalue weighted by Gasteiger charge is -2.32. The molecule has 8 heteroatoms. The van der Waals surface area contributed by atoms with Gasteiger partial charge in [0.25, 0.3) is 11.9 Å². The fraction of sp³-hybridized carbons (Fsp3) is 0.579. The Hall–Kier alpha value is -1.83. The topological polar surface area (TPSA) is 73.6 Å². The molecule has 2 heterocycles. The molecule has 1 atom stereocenters. The van der Waals surface area contributed by atoms with Crippen LogP contribution in [0.25, 0.3) is 11.1 Å². The number of oxazole rings is 1. The van der Waals surface area contributed by atoms with E-state index in [0.29, 0.717) is 40.8 Å². The van der Waals surface area contributed by atoms with Crippen molar-refractivity contribution in [3.63, 3.8) is 0 Å². The van der Waals surface area contributed by atoms with Gasteiger partial charge in [0.1, 0.15) is 5.52 Å². The number of anilines is 1. The summed E-state index contributed by atoms with van der Waals surface area (Å²) in [5.41, 5.74) is 1.61. The fourth-order valence-electron chi connectivity index (χ4n) is 3.07. The van der Waals surface area contributed by atoms with Gasteiger partial charge in [0.05, 0.1) is 5.56 Å². The fourth-order valence-corrected chi connectivity index (χ4v) is 3.29. The number of halogens is 1. The zero-order valence-electron chi connectivity index (χ0n) is 16.8. The average molecular weight is 396 g/mol. The smallest absolute Gasteiger partial charge is 0.298 e. The molecule has 7 nitrogen and oxygen atoms in total. The van der Waals surface area contributed by atoms with Crippen LogP contribution >= 0.6 is 11.6 Å². The van der Waals surface area contributed by atoms with Gasteiger partial charge in [-0.15, -0.1) is 0 Å². The second kappa shape index (κ2) is 9.92. The Kier molecular flexibility index (Phi) is 7.89. The number of nitrogens with one attached hydrogen (secondary N) is 2. The second-order valence-electron chi connectivity index (χ2n) is 6.52. The van der Waals surface area contributed by atoms with E-state index in [1.807, 2.05) is 27.9 Å². The second-order valence-corrected chi connectivity index (χ2v) is 6.96. The Morgan fingerprint density at radius 1 is 1.41 bits per heavy atom. The summed E-state index contributed by atoms with van der Waals surface area (Å²) < 4.78 is 6.01. The third-order valence-corrected chi connectivity index (χ3v) is 4.69. The number of aromatic nitrogens is 1. The van der Waals surface area contributed by atoms with E-state index >= 15 is 0 Å². The minimum absolute atomic E-state index is 0.0800. The third kappa shape index (κ3) is 4.91. The minimum atomic E-state index is -0.0800. The van der Waals surface area contributed by atoms with Crippen LogP contribution in [0.4, 0.5) is 6.01 Å². The van der Waals surface area contributed by atoms with Crippen molar-refractivity contribution in [1.29, 1.82) is 0 Å². The van der Waals surface area contributed by atoms with Crippen molar-refractivity contribution < 1.29 is 9.21 Å². The number of carbonyl (C=O) groups excluding carboxylic acids is 1. The van der Waals surface area contributed by atoms with E-state index in [-0.39, 0.29) is 11.9 Å². The lowest BCUT2D eigenvalue weighted by molar-refractivity contribution is 0.0774. The van der Waals surface area contributed by atoms with Gasteiger partial charge < -0.3 is 24.9 Å². The first-order valence-corrected chi connectivity index (χ1v) is 9.79. The molecule has 3 rings (SSSR count). The quantitative estimate of drug-likeness (QED) is 0.828. The minimum Gasteiger partial charge on any atom is -0.423 e. The molecule has 0 bridgehead atoms. The van der Waals surface area contributed by atoms with Crippen LogP contribution < -0.4 is 15.5 Å². The van der Waals surface area contributed by atoms with Crippen LogP contribution in [0.3, 0.4) is 0 Å². The van der Waals surface area contributed by atoms with Crippen molar-refractivity contribution in [3.05, 3.63) is 22.7 Å². The van der Waals surface area contributed by atoms with Crippen molar-refractivity contribution in [3.8, 4) is 0 Å². The SMILES string of the molecule is CCN(CC)C(=O)c1cc(Cl)cc2nc(N3CCNC[C@@H]3C)oc12.CNC. The largest absolute Gasteiger partial charge is 0.423 e. The van der Waals surface area contributed by atoms with E-state index in [9.17, 15) is 4.79 Å². The molecule has 2 aromatic rings. The molecule has 1 aliphatic heterocycles. The highest BCUT2D eigenvalue weighted by molar-refractivity contribution is 6.32. The summed E-state index contributed by atoms with van der Waals surface area (Å²) in [6.45, 7) is 9.89. The van der Waals surface area contributed by atoms with Gasteiger partial charge in [0.15, 0.2) is 5.58 Å². The molecular formula is C19H30ClN5O2. The molecule has 1 saturated heterocycles. The van der Waals surface area contributed by atoms with Crippen molar-refractivity contribution in [2.75, 3.05) is 51.7 Å². The number of hydrogen-bond acceptors (Lipinski definition) is 6. The first kappa shape index (κ1) is 21.5. The summed E-state index contributed by atoms with van der Waals surface area (Å²) in [5.74, 6) is -0.0800. The summed E-state index contributed by atoms with van der Waals surface area (Å²) in [4.78, 5) is 21.2. The van der Waals surface area contributed by atoms with Crippen molar-refractivity contribution >= 4 is 34.6 Å². The lowest BCUT2D eigenvalue weighted by atomic mass is 10.1. The lowest BCUT2D eigenvalue weighted by Crippen LogP contribution is -2.50. The molecule has 1 aromatic carbocycles. The predicted octanol–water partition coefficient (Wildman–Crippen LogP) is 2.60. The molecule has 1 aliphatic rings. The van der Waals surface area contributed by atoms with Crippen LogP contribution in [-0.4, -0.2) is 68.7 Å². The van der Waals surface area contributed by atoms with Gasteiger partial charge in [-0.3, -0.25) is 4.79 Å². The van der Waals surface area contributed by atoms with Crippen LogP contribution in [0.15, 0.2) is 16.5 Å². The number of fused-ring (bicyclic) bond motifs is 1. The van der Waals surface area contributed by atoms with Gasteiger partial charge in [-0.25, -0.2) is 0 Å². The van der Waals surface area contributed by atoms with Crippen molar-refractivity contribution in [2.45, 2.75) is 26.8 Å². The van der Waals surface area contributed by atoms with Crippen LogP contribution in [0, 0.1) is 0 Å². The Labute approximate surface area is 166 Å². The molecule has 27 heavy (non-hydrogen) atoms. The third-order valence-electron chi connectivity index (χ3n) is 4.47. The molecular weight excluding hydrogens is 366 g/mol. The highest BCUT2D eigenvalue weighted by atomic mass is 35.5. The van der Waals surface area contributed by atoms with E-state index in [1.165, 1.54) is 0 Å². The number of rotatable bonds is 4. The Morgan fingerprint density at radius 2 is 2.07 bits per heavy atom. The summed E-state index contributed by atoms with van der Waals surface area (Å²) in [7, 11) is 3.75. The number of amides is 1. The summed E-state index contributed by atoms with van der Waals surface area (Å²) >= 11 is 6.21. The summed E-state index contributed by atoms with van der Waals surface area (Å²) in [5, 5.41) is 6.59. The molecule has 0 aliphatic carbocycles. The molecule has 0 radical (unpaired) electrons. The van der Waals surface area contributed by atoms with E-state index in [1.54, 1.807) is 17.0 Å². The molecule has 1 amide bonds. The standard InChI is InChI=1S/C17H23ClN4O2.C2H7N/c1-4-21(5-2)16(23)13-8-12(18)9-14-15(13)24-17(20-14)22-7-6-19-10-11(22)3;1-3-2/h8-9,11,19H,4-7,10H2,1-3H3;3H,1-2H3/t11-;/m0./s1. The number of nitrogens with zero attached hydrogens (tertiary/aromatic N) is 3. The number of hydrogen-bond donors (Lipinski definition) is 2. The first-order valence-electron chi connectivity index (χ1n) is 9.41. The predicted molar refractivity (Wildman–Crippen MR) is 111 cm³/mol. The average Bonchev–Trinajstić information content (AvgIpc) is 3.06. The Morgan fingerprint density at radius 3 is 2.67 bits per heavy atom. The van der Waals surface area contributed by atoms with Gasteiger partial charge in [-0.1, -0.05) is 11.6 Å². The van der Waals surface area contributed by atoms with Crippen molar-refractivity contribution in [1.82, 2.24) is 20.5 Å². The van der Waals surface area contributed by atoms with Crippen molar-refractivity contribution in [2.24, 2.45) is 0 Å². The zero-order valence-corrected chi connectivity index (χ0v) is 17.6. The monoisotopic (exact) mass is 395 g/mol. The normalized spacial score (nSPS) is 16.8.